The molecule has 1 aliphatic heterocycles. The van der Waals surface area contributed by atoms with Crippen LogP contribution in [0, 0.1) is 6.92 Å². The lowest BCUT2D eigenvalue weighted by atomic mass is 10.0. The van der Waals surface area contributed by atoms with Crippen LogP contribution in [0.2, 0.25) is 0 Å². The molecule has 116 valence electrons. The summed E-state index contributed by atoms with van der Waals surface area (Å²) in [5.41, 5.74) is 1.07. The third-order valence-corrected chi connectivity index (χ3v) is 4.93. The lowest BCUT2D eigenvalue weighted by molar-refractivity contribution is 0.0602. The number of carbonyl (C=O) groups is 1. The number of hydrogen-bond donors (Lipinski definition) is 0. The summed E-state index contributed by atoms with van der Waals surface area (Å²) in [6.07, 6.45) is 3.00. The molecule has 0 aliphatic carbocycles. The van der Waals surface area contributed by atoms with Crippen LogP contribution in [0.5, 0.6) is 0 Å². The Bertz CT molecular complexity index is 752. The molecule has 7 heteroatoms. The van der Waals surface area contributed by atoms with E-state index in [1.807, 2.05) is 17.2 Å². The van der Waals surface area contributed by atoms with E-state index in [0.717, 1.165) is 30.0 Å². The van der Waals surface area contributed by atoms with Crippen LogP contribution in [0.1, 0.15) is 46.5 Å². The number of aryl methyl sites for hydroxylation is 2. The van der Waals surface area contributed by atoms with Gasteiger partial charge < -0.3 is 4.90 Å². The van der Waals surface area contributed by atoms with E-state index in [1.54, 1.807) is 18.4 Å². The maximum Gasteiger partial charge on any atom is 0.274 e. The number of aromatic nitrogens is 3. The van der Waals surface area contributed by atoms with Gasteiger partial charge in [0.25, 0.3) is 11.5 Å². The van der Waals surface area contributed by atoms with Gasteiger partial charge in [-0.2, -0.15) is 5.10 Å². The number of rotatable bonds is 2. The van der Waals surface area contributed by atoms with Gasteiger partial charge in [-0.05, 0) is 32.3 Å². The monoisotopic (exact) mass is 318 g/mol. The van der Waals surface area contributed by atoms with E-state index in [-0.39, 0.29) is 17.5 Å². The molecular formula is C15H18N4O2S. The van der Waals surface area contributed by atoms with Crippen LogP contribution in [0.15, 0.2) is 22.3 Å². The average Bonchev–Trinajstić information content (AvgIpc) is 2.96. The van der Waals surface area contributed by atoms with Crippen molar-refractivity contribution in [1.82, 2.24) is 19.7 Å². The Hall–Kier alpha value is -2.02. The van der Waals surface area contributed by atoms with Crippen molar-refractivity contribution in [2.75, 3.05) is 6.54 Å². The molecule has 6 nitrogen and oxygen atoms in total. The molecule has 0 unspecified atom stereocenters. The maximum atomic E-state index is 12.8. The quantitative estimate of drug-likeness (QED) is 0.848. The van der Waals surface area contributed by atoms with Gasteiger partial charge in [0.05, 0.1) is 6.04 Å². The molecule has 1 amide bonds. The molecule has 1 saturated heterocycles. The van der Waals surface area contributed by atoms with Crippen LogP contribution in [-0.4, -0.2) is 32.1 Å². The Kier molecular flexibility index (Phi) is 4.06. The summed E-state index contributed by atoms with van der Waals surface area (Å²) >= 11 is 1.60. The van der Waals surface area contributed by atoms with Gasteiger partial charge in [0.2, 0.25) is 0 Å². The second-order valence-corrected chi connectivity index (χ2v) is 6.41. The van der Waals surface area contributed by atoms with Crippen molar-refractivity contribution in [3.63, 3.8) is 0 Å². The number of likely N-dealkylation sites (tertiary alicyclic amines) is 1. The number of nitrogens with zero attached hydrogens (tertiary/aromatic N) is 4. The Morgan fingerprint density at radius 2 is 2.18 bits per heavy atom. The van der Waals surface area contributed by atoms with Crippen LogP contribution in [0.25, 0.3) is 0 Å². The first-order valence-electron chi connectivity index (χ1n) is 7.33. The number of amides is 1. The summed E-state index contributed by atoms with van der Waals surface area (Å²) in [6.45, 7) is 2.66. The molecule has 3 heterocycles. The maximum absolute atomic E-state index is 12.8. The van der Waals surface area contributed by atoms with Crippen LogP contribution in [0.4, 0.5) is 0 Å². The number of hydrogen-bond acceptors (Lipinski definition) is 5. The second-order valence-electron chi connectivity index (χ2n) is 5.52. The fraction of sp³-hybridized carbons (Fsp3) is 0.467. The molecular weight excluding hydrogens is 300 g/mol. The fourth-order valence-electron chi connectivity index (χ4n) is 2.72. The largest absolute Gasteiger partial charge is 0.328 e. The van der Waals surface area contributed by atoms with Gasteiger partial charge in [0.15, 0.2) is 0 Å². The number of thiazole rings is 1. The Morgan fingerprint density at radius 1 is 1.36 bits per heavy atom. The van der Waals surface area contributed by atoms with Crippen LogP contribution >= 0.6 is 11.3 Å². The Labute approximate surface area is 132 Å². The van der Waals surface area contributed by atoms with E-state index in [4.69, 9.17) is 0 Å². The molecule has 3 rings (SSSR count). The number of piperidine rings is 1. The van der Waals surface area contributed by atoms with E-state index in [9.17, 15) is 9.59 Å². The van der Waals surface area contributed by atoms with E-state index in [2.05, 4.69) is 10.1 Å². The summed E-state index contributed by atoms with van der Waals surface area (Å²) in [5, 5.41) is 7.07. The Balaban J connectivity index is 1.91. The second kappa shape index (κ2) is 6.00. The summed E-state index contributed by atoms with van der Waals surface area (Å²) in [7, 11) is 1.55. The predicted octanol–water partition coefficient (Wildman–Crippen LogP) is 1.91. The number of carbonyl (C=O) groups excluding carboxylic acids is 1. The van der Waals surface area contributed by atoms with Crippen molar-refractivity contribution in [3.8, 4) is 0 Å². The Morgan fingerprint density at radius 3 is 2.86 bits per heavy atom. The van der Waals surface area contributed by atoms with Gasteiger partial charge >= 0.3 is 0 Å². The van der Waals surface area contributed by atoms with Crippen molar-refractivity contribution in [3.05, 3.63) is 44.3 Å². The molecule has 0 saturated carbocycles. The summed E-state index contributed by atoms with van der Waals surface area (Å²) in [6, 6.07) is 2.90. The van der Waals surface area contributed by atoms with Crippen molar-refractivity contribution in [1.29, 1.82) is 0 Å². The molecule has 0 N–H and O–H groups in total. The van der Waals surface area contributed by atoms with Crippen LogP contribution in [0.3, 0.4) is 0 Å². The third-order valence-electron chi connectivity index (χ3n) is 3.87. The van der Waals surface area contributed by atoms with Crippen molar-refractivity contribution < 1.29 is 4.79 Å². The highest BCUT2D eigenvalue weighted by Gasteiger charge is 2.31. The molecule has 1 aliphatic rings. The summed E-state index contributed by atoms with van der Waals surface area (Å²) in [5.74, 6) is -0.131. The molecule has 0 aromatic carbocycles. The minimum atomic E-state index is -0.220. The molecule has 2 aromatic rings. The van der Waals surface area contributed by atoms with Gasteiger partial charge in [-0.3, -0.25) is 9.59 Å². The van der Waals surface area contributed by atoms with Crippen molar-refractivity contribution in [2.45, 2.75) is 32.2 Å². The normalized spacial score (nSPS) is 18.5. The van der Waals surface area contributed by atoms with E-state index < -0.39 is 0 Å². The molecule has 0 radical (unpaired) electrons. The SMILES string of the molecule is Cc1csc([C@@H]2CCCCN2C(=O)c2ccc(=O)n(C)n2)n1. The third kappa shape index (κ3) is 2.81. The van der Waals surface area contributed by atoms with E-state index >= 15 is 0 Å². The van der Waals surface area contributed by atoms with Crippen molar-refractivity contribution >= 4 is 17.2 Å². The van der Waals surface area contributed by atoms with E-state index in [1.165, 1.54) is 16.8 Å². The molecule has 22 heavy (non-hydrogen) atoms. The standard InChI is InChI=1S/C15H18N4O2S/c1-10-9-22-14(16-10)12-5-3-4-8-19(12)15(21)11-6-7-13(20)18(2)17-11/h6-7,9,12H,3-5,8H2,1-2H3/t12-/m0/s1. The topological polar surface area (TPSA) is 68.1 Å². The first kappa shape index (κ1) is 14.9. The fourth-order valence-corrected chi connectivity index (χ4v) is 3.66. The van der Waals surface area contributed by atoms with Gasteiger partial charge in [-0.25, -0.2) is 9.67 Å². The van der Waals surface area contributed by atoms with Crippen LogP contribution < -0.4 is 5.56 Å². The first-order chi connectivity index (χ1) is 10.6. The summed E-state index contributed by atoms with van der Waals surface area (Å²) in [4.78, 5) is 30.6. The zero-order valence-corrected chi connectivity index (χ0v) is 13.5. The molecule has 0 bridgehead atoms. The zero-order valence-electron chi connectivity index (χ0n) is 12.7. The predicted molar refractivity (Wildman–Crippen MR) is 84.0 cm³/mol. The first-order valence-corrected chi connectivity index (χ1v) is 8.21. The molecule has 1 fully saturated rings. The highest BCUT2D eigenvalue weighted by molar-refractivity contribution is 7.09. The zero-order chi connectivity index (χ0) is 15.7. The van der Waals surface area contributed by atoms with Gasteiger partial charge in [-0.1, -0.05) is 0 Å². The molecule has 1 atom stereocenters. The molecule has 2 aromatic heterocycles. The van der Waals surface area contributed by atoms with E-state index in [0.29, 0.717) is 12.2 Å². The average molecular weight is 318 g/mol. The highest BCUT2D eigenvalue weighted by Crippen LogP contribution is 2.33. The lowest BCUT2D eigenvalue weighted by Crippen LogP contribution is -2.39. The van der Waals surface area contributed by atoms with Crippen LogP contribution in [-0.2, 0) is 7.05 Å². The minimum Gasteiger partial charge on any atom is -0.328 e. The minimum absolute atomic E-state index is 0.0129. The lowest BCUT2D eigenvalue weighted by Gasteiger charge is -2.34. The summed E-state index contributed by atoms with van der Waals surface area (Å²) < 4.78 is 1.19. The molecule has 0 spiro atoms. The van der Waals surface area contributed by atoms with Gasteiger partial charge in [0, 0.05) is 30.7 Å². The van der Waals surface area contributed by atoms with Gasteiger partial charge in [0.1, 0.15) is 10.7 Å². The van der Waals surface area contributed by atoms with Gasteiger partial charge in [-0.15, -0.1) is 11.3 Å². The van der Waals surface area contributed by atoms with Crippen molar-refractivity contribution in [2.24, 2.45) is 7.05 Å². The smallest absolute Gasteiger partial charge is 0.274 e. The highest BCUT2D eigenvalue weighted by atomic mass is 32.1.